The first kappa shape index (κ1) is 18.5. The van der Waals surface area contributed by atoms with E-state index in [0.29, 0.717) is 18.0 Å². The van der Waals surface area contributed by atoms with E-state index in [1.165, 1.54) is 5.56 Å². The highest BCUT2D eigenvalue weighted by atomic mass is 32.1. The number of hydrogen-bond donors (Lipinski definition) is 1. The first-order valence-electron chi connectivity index (χ1n) is 9.64. The van der Waals surface area contributed by atoms with Crippen molar-refractivity contribution in [3.8, 4) is 0 Å². The summed E-state index contributed by atoms with van der Waals surface area (Å²) in [6, 6.07) is 17.3. The van der Waals surface area contributed by atoms with Gasteiger partial charge in [0.25, 0.3) is 11.5 Å². The zero-order valence-corrected chi connectivity index (χ0v) is 16.8. The second kappa shape index (κ2) is 7.38. The molecule has 0 aliphatic carbocycles. The lowest BCUT2D eigenvalue weighted by Crippen LogP contribution is -2.37. The van der Waals surface area contributed by atoms with Gasteiger partial charge in [-0.1, -0.05) is 54.6 Å². The summed E-state index contributed by atoms with van der Waals surface area (Å²) in [6.07, 6.45) is 0.777. The summed E-state index contributed by atoms with van der Waals surface area (Å²) >= 11 is 0.959. The predicted octanol–water partition coefficient (Wildman–Crippen LogP) is 2.39. The number of aromatic amines is 1. The lowest BCUT2D eigenvalue weighted by atomic mass is 10.00. The normalized spacial score (nSPS) is 13.4. The maximum absolute atomic E-state index is 13.1. The lowest BCUT2D eigenvalue weighted by molar-refractivity contribution is 0.0741. The highest BCUT2D eigenvalue weighted by Gasteiger charge is 2.26. The monoisotopic (exact) mass is 418 g/mol. The van der Waals surface area contributed by atoms with Crippen molar-refractivity contribution in [2.24, 2.45) is 0 Å². The minimum Gasteiger partial charge on any atom is -0.333 e. The molecule has 3 heterocycles. The van der Waals surface area contributed by atoms with Crippen LogP contribution in [0.1, 0.15) is 26.4 Å². The molecule has 0 saturated heterocycles. The van der Waals surface area contributed by atoms with Crippen molar-refractivity contribution < 1.29 is 4.79 Å². The van der Waals surface area contributed by atoms with Crippen LogP contribution in [-0.2, 0) is 19.5 Å². The summed E-state index contributed by atoms with van der Waals surface area (Å²) in [7, 11) is 0. The van der Waals surface area contributed by atoms with Crippen molar-refractivity contribution >= 4 is 28.5 Å². The minimum atomic E-state index is -0.547. The molecule has 2 aromatic carbocycles. The van der Waals surface area contributed by atoms with E-state index in [0.717, 1.165) is 33.6 Å². The fraction of sp³-hybridized carbons (Fsp3) is 0.182. The van der Waals surface area contributed by atoms with Gasteiger partial charge in [-0.05, 0) is 34.6 Å². The number of aromatic nitrogens is 3. The van der Waals surface area contributed by atoms with Gasteiger partial charge in [-0.15, -0.1) is 0 Å². The molecule has 0 spiro atoms. The molecule has 4 aromatic rings. The quantitative estimate of drug-likeness (QED) is 0.553. The van der Waals surface area contributed by atoms with E-state index in [4.69, 9.17) is 0 Å². The third-order valence-corrected chi connectivity index (χ3v) is 6.25. The summed E-state index contributed by atoms with van der Waals surface area (Å²) < 4.78 is 5.33. The smallest absolute Gasteiger partial charge is 0.329 e. The van der Waals surface area contributed by atoms with E-state index in [1.807, 2.05) is 48.5 Å². The highest BCUT2D eigenvalue weighted by Crippen LogP contribution is 2.24. The first-order chi connectivity index (χ1) is 14.6. The van der Waals surface area contributed by atoms with E-state index >= 15 is 0 Å². The molecule has 1 aliphatic heterocycles. The summed E-state index contributed by atoms with van der Waals surface area (Å²) in [5.74, 6) is -0.215. The summed E-state index contributed by atoms with van der Waals surface area (Å²) in [5, 5.41) is 0. The molecular formula is C22H18N4O3S. The van der Waals surface area contributed by atoms with Crippen LogP contribution in [0.2, 0.25) is 0 Å². The molecule has 150 valence electrons. The molecular weight excluding hydrogens is 400 g/mol. The van der Waals surface area contributed by atoms with Crippen LogP contribution in [0.4, 0.5) is 0 Å². The Kier molecular flexibility index (Phi) is 4.55. The number of nitrogens with zero attached hydrogens (tertiary/aromatic N) is 3. The predicted molar refractivity (Wildman–Crippen MR) is 115 cm³/mol. The molecule has 1 aliphatic rings. The standard InChI is InChI=1S/C22H18N4O3S/c27-20-18-17(23-22(29)26(20)12-14-6-2-1-3-7-14)19(30-24-18)21(28)25-11-10-15-8-4-5-9-16(15)13-25/h1-9H,10-13H2,(H,23,29). The maximum Gasteiger partial charge on any atom is 0.329 e. The second-order valence-electron chi connectivity index (χ2n) is 7.29. The summed E-state index contributed by atoms with van der Waals surface area (Å²) in [5.41, 5.74) is 2.51. The van der Waals surface area contributed by atoms with Crippen molar-refractivity contribution in [1.29, 1.82) is 0 Å². The van der Waals surface area contributed by atoms with Gasteiger partial charge in [-0.2, -0.15) is 4.37 Å². The zero-order valence-electron chi connectivity index (χ0n) is 16.0. The van der Waals surface area contributed by atoms with Crippen LogP contribution in [-0.4, -0.2) is 31.3 Å². The van der Waals surface area contributed by atoms with Gasteiger partial charge in [-0.3, -0.25) is 14.2 Å². The van der Waals surface area contributed by atoms with E-state index < -0.39 is 11.2 Å². The van der Waals surface area contributed by atoms with Crippen LogP contribution in [0.5, 0.6) is 0 Å². The first-order valence-corrected chi connectivity index (χ1v) is 10.4. The maximum atomic E-state index is 13.1. The molecule has 7 nitrogen and oxygen atoms in total. The number of H-pyrrole nitrogens is 1. The number of carbonyl (C=O) groups is 1. The largest absolute Gasteiger partial charge is 0.333 e. The van der Waals surface area contributed by atoms with Gasteiger partial charge in [0.05, 0.1) is 12.1 Å². The Morgan fingerprint density at radius 2 is 1.77 bits per heavy atom. The molecule has 1 amide bonds. The Balaban J connectivity index is 1.50. The van der Waals surface area contributed by atoms with Crippen LogP contribution in [0.3, 0.4) is 0 Å². The molecule has 1 N–H and O–H groups in total. The summed E-state index contributed by atoms with van der Waals surface area (Å²) in [6.45, 7) is 1.24. The van der Waals surface area contributed by atoms with Gasteiger partial charge < -0.3 is 9.88 Å². The average Bonchev–Trinajstić information content (AvgIpc) is 3.20. The summed E-state index contributed by atoms with van der Waals surface area (Å²) in [4.78, 5) is 43.4. The number of hydrogen-bond acceptors (Lipinski definition) is 5. The van der Waals surface area contributed by atoms with Crippen molar-refractivity contribution in [3.63, 3.8) is 0 Å². The molecule has 0 fully saturated rings. The van der Waals surface area contributed by atoms with Gasteiger partial charge >= 0.3 is 5.69 Å². The average molecular weight is 418 g/mol. The fourth-order valence-corrected chi connectivity index (χ4v) is 4.61. The third-order valence-electron chi connectivity index (χ3n) is 5.41. The van der Waals surface area contributed by atoms with Crippen LogP contribution in [0.15, 0.2) is 64.2 Å². The number of rotatable bonds is 3. The van der Waals surface area contributed by atoms with Gasteiger partial charge in [0.2, 0.25) is 0 Å². The molecule has 0 saturated carbocycles. The number of fused-ring (bicyclic) bond motifs is 2. The molecule has 5 rings (SSSR count). The molecule has 0 atom stereocenters. The fourth-order valence-electron chi connectivity index (χ4n) is 3.81. The molecule has 0 unspecified atom stereocenters. The van der Waals surface area contributed by atoms with Crippen molar-refractivity contribution in [2.45, 2.75) is 19.5 Å². The Hall–Kier alpha value is -3.52. The van der Waals surface area contributed by atoms with Crippen LogP contribution < -0.4 is 11.2 Å². The number of amides is 1. The number of carbonyl (C=O) groups excluding carboxylic acids is 1. The Labute approximate surface area is 175 Å². The zero-order chi connectivity index (χ0) is 20.7. The number of benzene rings is 2. The molecule has 0 bridgehead atoms. The van der Waals surface area contributed by atoms with Gasteiger partial charge in [0.15, 0.2) is 5.52 Å². The van der Waals surface area contributed by atoms with Crippen LogP contribution in [0.25, 0.3) is 11.0 Å². The van der Waals surface area contributed by atoms with Gasteiger partial charge in [-0.25, -0.2) is 4.79 Å². The van der Waals surface area contributed by atoms with Crippen molar-refractivity contribution in [1.82, 2.24) is 18.8 Å². The van der Waals surface area contributed by atoms with Crippen LogP contribution in [0, 0.1) is 0 Å². The van der Waals surface area contributed by atoms with Gasteiger partial charge in [0.1, 0.15) is 4.88 Å². The minimum absolute atomic E-state index is 0.122. The second-order valence-corrected chi connectivity index (χ2v) is 8.06. The van der Waals surface area contributed by atoms with Crippen LogP contribution >= 0.6 is 11.5 Å². The van der Waals surface area contributed by atoms with E-state index in [9.17, 15) is 14.4 Å². The highest BCUT2D eigenvalue weighted by molar-refractivity contribution is 7.09. The van der Waals surface area contributed by atoms with Crippen molar-refractivity contribution in [3.05, 3.63) is 97.0 Å². The lowest BCUT2D eigenvalue weighted by Gasteiger charge is -2.28. The van der Waals surface area contributed by atoms with Gasteiger partial charge in [0, 0.05) is 13.1 Å². The van der Waals surface area contributed by atoms with E-state index in [1.54, 1.807) is 4.90 Å². The van der Waals surface area contributed by atoms with E-state index in [-0.39, 0.29) is 23.5 Å². The SMILES string of the molecule is O=C(c1snc2c(=O)n(Cc3ccccc3)c(=O)[nH]c12)N1CCc2ccccc2C1. The number of nitrogens with one attached hydrogen (secondary N) is 1. The Morgan fingerprint density at radius 1 is 1.03 bits per heavy atom. The Morgan fingerprint density at radius 3 is 2.57 bits per heavy atom. The molecule has 30 heavy (non-hydrogen) atoms. The molecule has 2 aromatic heterocycles. The van der Waals surface area contributed by atoms with Crippen molar-refractivity contribution in [2.75, 3.05) is 6.54 Å². The topological polar surface area (TPSA) is 88.1 Å². The third kappa shape index (κ3) is 3.15. The van der Waals surface area contributed by atoms with E-state index in [2.05, 4.69) is 15.4 Å². The Bertz CT molecular complexity index is 1370. The molecule has 0 radical (unpaired) electrons. The molecule has 8 heteroatoms.